The van der Waals surface area contributed by atoms with Gasteiger partial charge in [0.05, 0.1) is 5.69 Å². The predicted octanol–water partition coefficient (Wildman–Crippen LogP) is 2.25. The van der Waals surface area contributed by atoms with Crippen LogP contribution >= 0.6 is 11.6 Å². The van der Waals surface area contributed by atoms with Gasteiger partial charge in [-0.25, -0.2) is 4.98 Å². The van der Waals surface area contributed by atoms with E-state index in [4.69, 9.17) is 17.3 Å². The highest BCUT2D eigenvalue weighted by Crippen LogP contribution is 2.31. The Hall–Kier alpha value is -2.05. The standard InChI is InChI=1S/C15H18ClN5O/c16-9-3-4-13(22)11(6-9)12-7-14(21-15(17)20-12)19-8-10-2-1-5-18-10/h3-4,6-7,10,18,22H,1-2,5,8H2,(H3,17,19,20,21). The van der Waals surface area contributed by atoms with Crippen molar-refractivity contribution in [1.82, 2.24) is 15.3 Å². The van der Waals surface area contributed by atoms with Crippen molar-refractivity contribution in [3.05, 3.63) is 29.3 Å². The van der Waals surface area contributed by atoms with E-state index in [2.05, 4.69) is 20.6 Å². The molecule has 3 rings (SSSR count). The van der Waals surface area contributed by atoms with Crippen LogP contribution in [0.4, 0.5) is 11.8 Å². The number of halogens is 1. The highest BCUT2D eigenvalue weighted by molar-refractivity contribution is 6.30. The van der Waals surface area contributed by atoms with Crippen LogP contribution in [0.3, 0.4) is 0 Å². The molecule has 1 aromatic carbocycles. The van der Waals surface area contributed by atoms with Crippen molar-refractivity contribution in [1.29, 1.82) is 0 Å². The number of nitrogen functional groups attached to an aromatic ring is 1. The fourth-order valence-corrected chi connectivity index (χ4v) is 2.74. The first-order chi connectivity index (χ1) is 10.6. The van der Waals surface area contributed by atoms with E-state index in [1.54, 1.807) is 18.2 Å². The minimum absolute atomic E-state index is 0.103. The summed E-state index contributed by atoms with van der Waals surface area (Å²) in [5.74, 6) is 0.889. The number of nitrogens with zero attached hydrogens (tertiary/aromatic N) is 2. The maximum Gasteiger partial charge on any atom is 0.222 e. The topological polar surface area (TPSA) is 96.1 Å². The average Bonchev–Trinajstić information content (AvgIpc) is 3.00. The quantitative estimate of drug-likeness (QED) is 0.690. The van der Waals surface area contributed by atoms with E-state index in [-0.39, 0.29) is 11.7 Å². The normalized spacial score (nSPS) is 17.6. The molecule has 0 saturated carbocycles. The number of benzene rings is 1. The fraction of sp³-hybridized carbons (Fsp3) is 0.333. The Morgan fingerprint density at radius 3 is 3.00 bits per heavy atom. The lowest BCUT2D eigenvalue weighted by atomic mass is 10.1. The highest BCUT2D eigenvalue weighted by atomic mass is 35.5. The molecule has 1 unspecified atom stereocenters. The SMILES string of the molecule is Nc1nc(NCC2CCCN2)cc(-c2cc(Cl)ccc2O)n1. The molecule has 0 aliphatic carbocycles. The van der Waals surface area contributed by atoms with Gasteiger partial charge in [0.25, 0.3) is 0 Å². The number of nitrogens with two attached hydrogens (primary N) is 1. The van der Waals surface area contributed by atoms with Crippen molar-refractivity contribution in [2.24, 2.45) is 0 Å². The third kappa shape index (κ3) is 3.40. The first-order valence-electron chi connectivity index (χ1n) is 7.22. The van der Waals surface area contributed by atoms with Crippen molar-refractivity contribution in [2.45, 2.75) is 18.9 Å². The summed E-state index contributed by atoms with van der Waals surface area (Å²) >= 11 is 5.98. The molecule has 116 valence electrons. The zero-order chi connectivity index (χ0) is 15.5. The molecule has 1 aromatic heterocycles. The number of hydrogen-bond donors (Lipinski definition) is 4. The van der Waals surface area contributed by atoms with Gasteiger partial charge in [0.2, 0.25) is 5.95 Å². The van der Waals surface area contributed by atoms with Crippen molar-refractivity contribution in [3.8, 4) is 17.0 Å². The summed E-state index contributed by atoms with van der Waals surface area (Å²) in [6, 6.07) is 7.01. The minimum Gasteiger partial charge on any atom is -0.507 e. The van der Waals surface area contributed by atoms with Gasteiger partial charge in [-0.3, -0.25) is 0 Å². The number of rotatable bonds is 4. The smallest absolute Gasteiger partial charge is 0.222 e. The summed E-state index contributed by atoms with van der Waals surface area (Å²) in [6.45, 7) is 1.83. The van der Waals surface area contributed by atoms with E-state index in [1.165, 1.54) is 12.5 Å². The van der Waals surface area contributed by atoms with Crippen LogP contribution in [0.5, 0.6) is 5.75 Å². The summed E-state index contributed by atoms with van der Waals surface area (Å²) in [7, 11) is 0. The first-order valence-corrected chi connectivity index (χ1v) is 7.60. The second kappa shape index (κ2) is 6.37. The lowest BCUT2D eigenvalue weighted by Crippen LogP contribution is -2.29. The fourth-order valence-electron chi connectivity index (χ4n) is 2.57. The van der Waals surface area contributed by atoms with Crippen LogP contribution in [0.25, 0.3) is 11.3 Å². The number of aromatic hydroxyl groups is 1. The molecule has 1 atom stereocenters. The van der Waals surface area contributed by atoms with Crippen LogP contribution in [0, 0.1) is 0 Å². The Morgan fingerprint density at radius 2 is 2.23 bits per heavy atom. The van der Waals surface area contributed by atoms with E-state index < -0.39 is 0 Å². The third-order valence-electron chi connectivity index (χ3n) is 3.67. The summed E-state index contributed by atoms with van der Waals surface area (Å²) < 4.78 is 0. The Labute approximate surface area is 133 Å². The molecule has 1 aliphatic heterocycles. The molecule has 6 nitrogen and oxygen atoms in total. The van der Waals surface area contributed by atoms with Gasteiger partial charge in [-0.05, 0) is 37.6 Å². The van der Waals surface area contributed by atoms with E-state index in [9.17, 15) is 5.11 Å². The lowest BCUT2D eigenvalue weighted by Gasteiger charge is -2.13. The van der Waals surface area contributed by atoms with Crippen LogP contribution in [-0.4, -0.2) is 34.2 Å². The van der Waals surface area contributed by atoms with Gasteiger partial charge in [0, 0.05) is 29.2 Å². The predicted molar refractivity (Wildman–Crippen MR) is 88.1 cm³/mol. The summed E-state index contributed by atoms with van der Waals surface area (Å²) in [5, 5.41) is 17.2. The van der Waals surface area contributed by atoms with Gasteiger partial charge in [-0.15, -0.1) is 0 Å². The number of nitrogens with one attached hydrogen (secondary N) is 2. The molecular formula is C15H18ClN5O. The molecule has 2 aromatic rings. The van der Waals surface area contributed by atoms with Crippen LogP contribution < -0.4 is 16.4 Å². The Kier molecular flexibility index (Phi) is 4.31. The van der Waals surface area contributed by atoms with Crippen LogP contribution in [0.2, 0.25) is 5.02 Å². The number of aromatic nitrogens is 2. The zero-order valence-electron chi connectivity index (χ0n) is 12.0. The molecular weight excluding hydrogens is 302 g/mol. The molecule has 2 heterocycles. The molecule has 7 heteroatoms. The Bertz CT molecular complexity index is 673. The molecule has 0 spiro atoms. The molecule has 5 N–H and O–H groups in total. The van der Waals surface area contributed by atoms with Crippen LogP contribution in [0.1, 0.15) is 12.8 Å². The van der Waals surface area contributed by atoms with E-state index in [0.717, 1.165) is 19.5 Å². The molecule has 1 aliphatic rings. The van der Waals surface area contributed by atoms with Gasteiger partial charge in [-0.2, -0.15) is 4.98 Å². The highest BCUT2D eigenvalue weighted by Gasteiger charge is 2.15. The van der Waals surface area contributed by atoms with Crippen LogP contribution in [0.15, 0.2) is 24.3 Å². The lowest BCUT2D eigenvalue weighted by molar-refractivity contribution is 0.477. The van der Waals surface area contributed by atoms with E-state index >= 15 is 0 Å². The largest absolute Gasteiger partial charge is 0.507 e. The minimum atomic E-state index is 0.103. The van der Waals surface area contributed by atoms with Crippen molar-refractivity contribution in [3.63, 3.8) is 0 Å². The molecule has 0 amide bonds. The van der Waals surface area contributed by atoms with E-state index in [1.807, 2.05) is 0 Å². The maximum atomic E-state index is 9.98. The molecule has 22 heavy (non-hydrogen) atoms. The number of phenols is 1. The van der Waals surface area contributed by atoms with Crippen molar-refractivity contribution >= 4 is 23.4 Å². The van der Waals surface area contributed by atoms with Gasteiger partial charge in [0.1, 0.15) is 11.6 Å². The monoisotopic (exact) mass is 319 g/mol. The number of anilines is 2. The van der Waals surface area contributed by atoms with Crippen molar-refractivity contribution in [2.75, 3.05) is 24.1 Å². The van der Waals surface area contributed by atoms with Gasteiger partial charge < -0.3 is 21.5 Å². The zero-order valence-corrected chi connectivity index (χ0v) is 12.8. The summed E-state index contributed by atoms with van der Waals surface area (Å²) in [5.41, 5.74) is 6.84. The van der Waals surface area contributed by atoms with Gasteiger partial charge >= 0.3 is 0 Å². The second-order valence-electron chi connectivity index (χ2n) is 5.33. The number of phenolic OH excluding ortho intramolecular Hbond substituents is 1. The van der Waals surface area contributed by atoms with E-state index in [0.29, 0.717) is 28.1 Å². The first kappa shape index (κ1) is 14.9. The summed E-state index contributed by atoms with van der Waals surface area (Å²) in [6.07, 6.45) is 2.34. The van der Waals surface area contributed by atoms with Crippen LogP contribution in [-0.2, 0) is 0 Å². The second-order valence-corrected chi connectivity index (χ2v) is 5.77. The number of hydrogen-bond acceptors (Lipinski definition) is 6. The Balaban J connectivity index is 1.84. The molecule has 1 saturated heterocycles. The van der Waals surface area contributed by atoms with Crippen molar-refractivity contribution < 1.29 is 5.11 Å². The third-order valence-corrected chi connectivity index (χ3v) is 3.91. The van der Waals surface area contributed by atoms with Gasteiger partial charge in [0.15, 0.2) is 0 Å². The Morgan fingerprint density at radius 1 is 1.36 bits per heavy atom. The average molecular weight is 320 g/mol. The summed E-state index contributed by atoms with van der Waals surface area (Å²) in [4.78, 5) is 8.36. The molecule has 0 radical (unpaired) electrons. The molecule has 0 bridgehead atoms. The van der Waals surface area contributed by atoms with Gasteiger partial charge in [-0.1, -0.05) is 11.6 Å². The maximum absolute atomic E-state index is 9.98. The molecule has 1 fully saturated rings.